The van der Waals surface area contributed by atoms with Gasteiger partial charge in [-0.1, -0.05) is 6.42 Å². The monoisotopic (exact) mass is 487 g/mol. The van der Waals surface area contributed by atoms with E-state index in [0.717, 1.165) is 30.6 Å². The van der Waals surface area contributed by atoms with Crippen LogP contribution in [-0.2, 0) is 9.47 Å². The molecular weight excluding hydrogens is 461 g/mol. The average Bonchev–Trinajstić information content (AvgIpc) is 3.30. The number of carboxylic acids is 1. The van der Waals surface area contributed by atoms with Crippen LogP contribution in [0.4, 0.5) is 15.9 Å². The quantitative estimate of drug-likeness (QED) is 0.484. The number of nitrogens with one attached hydrogen (secondary N) is 1. The number of anilines is 2. The lowest BCUT2D eigenvalue weighted by Crippen LogP contribution is -2.38. The summed E-state index contributed by atoms with van der Waals surface area (Å²) in [6, 6.07) is 4.25. The maximum absolute atomic E-state index is 14.1. The number of carbonyl (C=O) groups is 1. The minimum Gasteiger partial charge on any atom is -0.491 e. The molecule has 3 heterocycles. The van der Waals surface area contributed by atoms with E-state index in [1.807, 2.05) is 13.8 Å². The fourth-order valence-corrected chi connectivity index (χ4v) is 5.81. The zero-order valence-corrected chi connectivity index (χ0v) is 19.9. The van der Waals surface area contributed by atoms with Gasteiger partial charge in [0.05, 0.1) is 29.9 Å². The van der Waals surface area contributed by atoms with Crippen molar-refractivity contribution in [2.75, 3.05) is 11.9 Å². The van der Waals surface area contributed by atoms with E-state index in [1.54, 1.807) is 13.0 Å². The van der Waals surface area contributed by atoms with E-state index >= 15 is 0 Å². The predicted molar refractivity (Wildman–Crippen MR) is 125 cm³/mol. The molecule has 3 aromatic rings. The number of aromatic carboxylic acids is 1. The molecule has 180 valence electrons. The van der Waals surface area contributed by atoms with E-state index in [0.29, 0.717) is 39.6 Å². The summed E-state index contributed by atoms with van der Waals surface area (Å²) in [4.78, 5) is 20.9. The number of hydrogen-bond donors (Lipinski definition) is 2. The number of ether oxygens (including phenoxy) is 3. The molecule has 1 saturated carbocycles. The smallest absolute Gasteiger partial charge is 0.346 e. The Morgan fingerprint density at radius 3 is 2.94 bits per heavy atom. The molecule has 2 fully saturated rings. The molecule has 0 bridgehead atoms. The molecule has 1 unspecified atom stereocenters. The van der Waals surface area contributed by atoms with E-state index in [2.05, 4.69) is 15.3 Å². The number of aromatic nitrogens is 2. The lowest BCUT2D eigenvalue weighted by molar-refractivity contribution is -0.149. The molecule has 1 aliphatic heterocycles. The Hall–Kier alpha value is -2.82. The molecule has 0 spiro atoms. The fraction of sp³-hybridized carbons (Fsp3) is 0.458. The molecule has 1 aliphatic carbocycles. The highest BCUT2D eigenvalue weighted by molar-refractivity contribution is 7.20. The number of fused-ring (bicyclic) bond motifs is 2. The van der Waals surface area contributed by atoms with Gasteiger partial charge in [0.25, 0.3) is 0 Å². The van der Waals surface area contributed by atoms with Crippen LogP contribution in [0.15, 0.2) is 24.5 Å². The summed E-state index contributed by atoms with van der Waals surface area (Å²) in [6.07, 6.45) is 4.28. The molecular formula is C24H26FN3O5S. The van der Waals surface area contributed by atoms with E-state index < -0.39 is 17.6 Å². The molecule has 1 saturated heterocycles. The molecule has 1 aromatic carbocycles. The average molecular weight is 488 g/mol. The van der Waals surface area contributed by atoms with Crippen LogP contribution in [0.3, 0.4) is 0 Å². The summed E-state index contributed by atoms with van der Waals surface area (Å²) in [6.45, 7) is 5.92. The van der Waals surface area contributed by atoms with Gasteiger partial charge >= 0.3 is 5.97 Å². The Morgan fingerprint density at radius 1 is 1.32 bits per heavy atom. The lowest BCUT2D eigenvalue weighted by Gasteiger charge is -2.31. The van der Waals surface area contributed by atoms with Gasteiger partial charge in [0.2, 0.25) is 0 Å². The third kappa shape index (κ3) is 4.33. The first-order valence-electron chi connectivity index (χ1n) is 11.2. The van der Waals surface area contributed by atoms with Gasteiger partial charge in [-0.3, -0.25) is 0 Å². The first kappa shape index (κ1) is 22.9. The standard InChI is InChI=1S/C24H26FN3O5S/c1-12-18-21(26-11-27-22(18)34-20(12)23(29)30)28-15-8-7-14(25)9-17(15)31-10-13-5-4-6-16-19(13)33-24(2,3)32-16/h7-9,11,13,16,19H,4-6,10H2,1-3H3,(H,29,30)(H,26,27,28)/t13?,16-,19+/m1/s1. The van der Waals surface area contributed by atoms with E-state index in [1.165, 1.54) is 18.5 Å². The molecule has 2 aliphatic rings. The van der Waals surface area contributed by atoms with Crippen molar-refractivity contribution in [2.45, 2.75) is 58.0 Å². The first-order chi connectivity index (χ1) is 16.2. The van der Waals surface area contributed by atoms with Crippen molar-refractivity contribution in [3.63, 3.8) is 0 Å². The van der Waals surface area contributed by atoms with Crippen molar-refractivity contribution >= 4 is 39.0 Å². The molecule has 34 heavy (non-hydrogen) atoms. The van der Waals surface area contributed by atoms with Gasteiger partial charge in [-0.15, -0.1) is 11.3 Å². The summed E-state index contributed by atoms with van der Waals surface area (Å²) >= 11 is 1.09. The molecule has 5 rings (SSSR count). The number of hydrogen-bond acceptors (Lipinski definition) is 8. The number of thiophene rings is 1. The van der Waals surface area contributed by atoms with Crippen LogP contribution in [0, 0.1) is 18.7 Å². The highest BCUT2D eigenvalue weighted by atomic mass is 32.1. The third-order valence-electron chi connectivity index (χ3n) is 6.32. The van der Waals surface area contributed by atoms with Crippen molar-refractivity contribution in [1.82, 2.24) is 9.97 Å². The highest BCUT2D eigenvalue weighted by Crippen LogP contribution is 2.41. The SMILES string of the molecule is Cc1c(C(=O)O)sc2ncnc(Nc3ccc(F)cc3OCC3CCC[C@H]4OC(C)(C)O[C@@H]34)c12. The number of nitrogens with zero attached hydrogens (tertiary/aromatic N) is 2. The molecule has 2 N–H and O–H groups in total. The first-order valence-corrected chi connectivity index (χ1v) is 12.1. The van der Waals surface area contributed by atoms with Crippen LogP contribution in [-0.4, -0.2) is 45.6 Å². The van der Waals surface area contributed by atoms with Crippen molar-refractivity contribution in [1.29, 1.82) is 0 Å². The van der Waals surface area contributed by atoms with Gasteiger partial charge in [-0.05, 0) is 51.3 Å². The second kappa shape index (κ2) is 8.75. The number of halogens is 1. The summed E-state index contributed by atoms with van der Waals surface area (Å²) in [5, 5.41) is 13.3. The van der Waals surface area contributed by atoms with Crippen LogP contribution in [0.25, 0.3) is 10.2 Å². The lowest BCUT2D eigenvalue weighted by atomic mass is 9.85. The third-order valence-corrected chi connectivity index (χ3v) is 7.51. The Balaban J connectivity index is 1.40. The van der Waals surface area contributed by atoms with Crippen LogP contribution < -0.4 is 10.1 Å². The molecule has 8 nitrogen and oxygen atoms in total. The van der Waals surface area contributed by atoms with E-state index in [4.69, 9.17) is 14.2 Å². The Bertz CT molecular complexity index is 1250. The van der Waals surface area contributed by atoms with Crippen molar-refractivity contribution in [3.8, 4) is 5.75 Å². The molecule has 10 heteroatoms. The topological polar surface area (TPSA) is 103 Å². The van der Waals surface area contributed by atoms with Crippen LogP contribution in [0.2, 0.25) is 0 Å². The summed E-state index contributed by atoms with van der Waals surface area (Å²) in [5.74, 6) is -1.14. The van der Waals surface area contributed by atoms with Gasteiger partial charge in [-0.2, -0.15) is 0 Å². The second-order valence-corrected chi connectivity index (χ2v) is 10.2. The summed E-state index contributed by atoms with van der Waals surface area (Å²) in [7, 11) is 0. The van der Waals surface area contributed by atoms with Crippen molar-refractivity contribution in [2.24, 2.45) is 5.92 Å². The van der Waals surface area contributed by atoms with Gasteiger partial charge < -0.3 is 24.6 Å². The predicted octanol–water partition coefficient (Wildman–Crippen LogP) is 5.28. The maximum atomic E-state index is 14.1. The van der Waals surface area contributed by atoms with E-state index in [-0.39, 0.29) is 23.0 Å². The number of aryl methyl sites for hydroxylation is 1. The minimum absolute atomic E-state index is 0.0433. The zero-order valence-electron chi connectivity index (χ0n) is 19.1. The van der Waals surface area contributed by atoms with Gasteiger partial charge in [-0.25, -0.2) is 19.2 Å². The largest absolute Gasteiger partial charge is 0.491 e. The van der Waals surface area contributed by atoms with Crippen LogP contribution >= 0.6 is 11.3 Å². The van der Waals surface area contributed by atoms with Crippen LogP contribution in [0.5, 0.6) is 5.75 Å². The fourth-order valence-electron chi connectivity index (χ4n) is 4.82. The highest BCUT2D eigenvalue weighted by Gasteiger charge is 2.47. The molecule has 0 amide bonds. The molecule has 3 atom stereocenters. The number of rotatable bonds is 6. The normalized spacial score (nSPS) is 23.6. The Kier molecular flexibility index (Phi) is 5.91. The number of benzene rings is 1. The van der Waals surface area contributed by atoms with Gasteiger partial charge in [0.15, 0.2) is 5.79 Å². The molecule has 2 aromatic heterocycles. The van der Waals surface area contributed by atoms with Crippen molar-refractivity contribution < 1.29 is 28.5 Å². The Morgan fingerprint density at radius 2 is 2.15 bits per heavy atom. The Labute approximate surface area is 200 Å². The zero-order chi connectivity index (χ0) is 24.0. The summed E-state index contributed by atoms with van der Waals surface area (Å²) < 4.78 is 32.4. The summed E-state index contributed by atoms with van der Waals surface area (Å²) in [5.41, 5.74) is 1.11. The van der Waals surface area contributed by atoms with Crippen LogP contribution in [0.1, 0.15) is 48.3 Å². The maximum Gasteiger partial charge on any atom is 0.346 e. The van der Waals surface area contributed by atoms with Gasteiger partial charge in [0, 0.05) is 12.0 Å². The van der Waals surface area contributed by atoms with Crippen molar-refractivity contribution in [3.05, 3.63) is 40.8 Å². The second-order valence-electron chi connectivity index (χ2n) is 9.17. The number of carboxylic acid groups (broad SMARTS) is 1. The molecule has 0 radical (unpaired) electrons. The van der Waals surface area contributed by atoms with Gasteiger partial charge in [0.1, 0.15) is 33.4 Å². The van der Waals surface area contributed by atoms with E-state index in [9.17, 15) is 14.3 Å². The minimum atomic E-state index is -1.01.